The molecule has 0 bridgehead atoms. The van der Waals surface area contributed by atoms with Crippen molar-refractivity contribution in [2.24, 2.45) is 0 Å². The summed E-state index contributed by atoms with van der Waals surface area (Å²) in [6.45, 7) is 9.32. The topological polar surface area (TPSA) is 70.0 Å². The normalized spacial score (nSPS) is 12.1. The number of nitrogens with zero attached hydrogens (tertiary/aromatic N) is 4. The van der Waals surface area contributed by atoms with Gasteiger partial charge in [0, 0.05) is 35.7 Å². The summed E-state index contributed by atoms with van der Waals surface area (Å²) in [5, 5.41) is 0. The molecule has 0 saturated heterocycles. The van der Waals surface area contributed by atoms with Gasteiger partial charge in [0.25, 0.3) is 0 Å². The molecule has 2 heterocycles. The second kappa shape index (κ2) is 14.8. The summed E-state index contributed by atoms with van der Waals surface area (Å²) < 4.78 is 11.3. The Morgan fingerprint density at radius 2 is 1.51 bits per heavy atom. The van der Waals surface area contributed by atoms with Gasteiger partial charge in [0.1, 0.15) is 6.61 Å². The van der Waals surface area contributed by atoms with E-state index in [1.54, 1.807) is 18.5 Å². The first-order chi connectivity index (χ1) is 17.2. The summed E-state index contributed by atoms with van der Waals surface area (Å²) in [5.74, 6) is 1.95. The van der Waals surface area contributed by atoms with Crippen LogP contribution in [0.5, 0.6) is 5.75 Å². The van der Waals surface area contributed by atoms with Gasteiger partial charge in [0.15, 0.2) is 17.4 Å². The van der Waals surface area contributed by atoms with Crippen LogP contribution in [0.15, 0.2) is 67.8 Å². The highest BCUT2D eigenvalue weighted by Crippen LogP contribution is 2.21. The zero-order valence-corrected chi connectivity index (χ0v) is 20.9. The van der Waals surface area contributed by atoms with Crippen molar-refractivity contribution < 1.29 is 9.47 Å². The molecular weight excluding hydrogens is 436 g/mol. The molecule has 184 valence electrons. The predicted molar refractivity (Wildman–Crippen MR) is 142 cm³/mol. The van der Waals surface area contributed by atoms with E-state index in [9.17, 15) is 0 Å². The lowest BCUT2D eigenvalue weighted by Crippen LogP contribution is -2.08. The van der Waals surface area contributed by atoms with Crippen LogP contribution in [0, 0.1) is 0 Å². The van der Waals surface area contributed by atoms with E-state index >= 15 is 0 Å². The fourth-order valence-electron chi connectivity index (χ4n) is 3.50. The lowest BCUT2D eigenvalue weighted by Gasteiger charge is -2.11. The summed E-state index contributed by atoms with van der Waals surface area (Å²) in [6.07, 6.45) is 20.2. The first-order valence-corrected chi connectivity index (χ1v) is 12.5. The van der Waals surface area contributed by atoms with Gasteiger partial charge in [-0.1, -0.05) is 68.8 Å². The van der Waals surface area contributed by atoms with Crippen LogP contribution in [0.2, 0.25) is 0 Å². The molecule has 6 heteroatoms. The predicted octanol–water partition coefficient (Wildman–Crippen LogP) is 6.94. The van der Waals surface area contributed by atoms with Gasteiger partial charge >= 0.3 is 0 Å². The molecule has 0 radical (unpaired) electrons. The summed E-state index contributed by atoms with van der Waals surface area (Å²) >= 11 is 0. The van der Waals surface area contributed by atoms with Crippen molar-refractivity contribution in [3.8, 4) is 28.5 Å². The fourth-order valence-corrected chi connectivity index (χ4v) is 3.50. The molecule has 6 nitrogen and oxygen atoms in total. The third-order valence-corrected chi connectivity index (χ3v) is 5.51. The van der Waals surface area contributed by atoms with Gasteiger partial charge in [-0.2, -0.15) is 0 Å². The Kier molecular flexibility index (Phi) is 11.1. The molecule has 0 aliphatic heterocycles. The molecule has 0 aliphatic rings. The van der Waals surface area contributed by atoms with E-state index in [0.717, 1.165) is 49.0 Å². The van der Waals surface area contributed by atoms with E-state index in [-0.39, 0.29) is 0 Å². The van der Waals surface area contributed by atoms with Gasteiger partial charge in [0.05, 0.1) is 18.5 Å². The molecule has 0 saturated carbocycles. The first-order valence-electron chi connectivity index (χ1n) is 12.5. The third-order valence-electron chi connectivity index (χ3n) is 5.51. The Bertz CT molecular complexity index is 1030. The maximum atomic E-state index is 5.86. The Hall–Kier alpha value is -3.38. The molecule has 0 aliphatic carbocycles. The zero-order chi connectivity index (χ0) is 24.7. The van der Waals surface area contributed by atoms with Gasteiger partial charge in [-0.3, -0.25) is 0 Å². The second-order valence-electron chi connectivity index (χ2n) is 8.48. The average Bonchev–Trinajstić information content (AvgIpc) is 2.90. The van der Waals surface area contributed by atoms with Crippen molar-refractivity contribution in [2.75, 3.05) is 13.2 Å². The van der Waals surface area contributed by atoms with Crippen LogP contribution in [0.1, 0.15) is 57.9 Å². The number of unbranched alkanes of at least 4 members (excludes halogenated alkanes) is 3. The van der Waals surface area contributed by atoms with E-state index in [1.165, 1.54) is 12.8 Å². The number of allylic oxidation sites excluding steroid dienone is 1. The maximum absolute atomic E-state index is 5.86. The quantitative estimate of drug-likeness (QED) is 0.176. The minimum atomic E-state index is 0.330. The van der Waals surface area contributed by atoms with Gasteiger partial charge in [-0.15, -0.1) is 0 Å². The molecule has 3 rings (SSSR count). The molecule has 1 aromatic carbocycles. The highest BCUT2D eigenvalue weighted by molar-refractivity contribution is 5.63. The molecule has 0 N–H and O–H groups in total. The number of benzene rings is 1. The van der Waals surface area contributed by atoms with Gasteiger partial charge in [-0.05, 0) is 32.6 Å². The fraction of sp³-hybridized carbons (Fsp3) is 0.379. The highest BCUT2D eigenvalue weighted by Gasteiger charge is 2.05. The van der Waals surface area contributed by atoms with E-state index in [2.05, 4.69) is 52.5 Å². The van der Waals surface area contributed by atoms with Gasteiger partial charge < -0.3 is 9.47 Å². The van der Waals surface area contributed by atoms with Crippen molar-refractivity contribution in [1.82, 2.24) is 19.9 Å². The van der Waals surface area contributed by atoms with Crippen LogP contribution >= 0.6 is 0 Å². The van der Waals surface area contributed by atoms with Crippen molar-refractivity contribution in [3.05, 3.63) is 73.3 Å². The Labute approximate surface area is 209 Å². The van der Waals surface area contributed by atoms with Crippen molar-refractivity contribution in [3.63, 3.8) is 0 Å². The molecule has 0 spiro atoms. The molecule has 35 heavy (non-hydrogen) atoms. The van der Waals surface area contributed by atoms with Crippen molar-refractivity contribution in [2.45, 2.75) is 58.5 Å². The Balaban J connectivity index is 1.45. The zero-order valence-electron chi connectivity index (χ0n) is 20.9. The molecule has 1 atom stereocenters. The monoisotopic (exact) mass is 472 g/mol. The van der Waals surface area contributed by atoms with E-state index in [0.29, 0.717) is 30.1 Å². The van der Waals surface area contributed by atoms with E-state index in [1.807, 2.05) is 36.7 Å². The maximum Gasteiger partial charge on any atom is 0.159 e. The Morgan fingerprint density at radius 1 is 0.886 bits per heavy atom. The minimum absolute atomic E-state index is 0.330. The van der Waals surface area contributed by atoms with Crippen molar-refractivity contribution in [1.29, 1.82) is 0 Å². The smallest absolute Gasteiger partial charge is 0.159 e. The summed E-state index contributed by atoms with van der Waals surface area (Å²) in [5.41, 5.74) is 2.87. The summed E-state index contributed by atoms with van der Waals surface area (Å²) in [7, 11) is 0. The largest absolute Gasteiger partial charge is 0.486 e. The van der Waals surface area contributed by atoms with Gasteiger partial charge in [0.2, 0.25) is 0 Å². The molecule has 2 aromatic heterocycles. The van der Waals surface area contributed by atoms with Crippen molar-refractivity contribution >= 4 is 6.08 Å². The molecule has 0 fully saturated rings. The SMILES string of the molecule is C=CCOc1cnc(-c2ccc(-c3ncc(/C=C/CCCC(C)OCCCCC)cn3)cc2)nc1. The standard InChI is InChI=1S/C29H36N4O2/c1-4-6-10-18-34-23(3)11-8-7-9-12-24-19-30-28(31-20-24)25-13-15-26(16-14-25)29-32-21-27(22-33-29)35-17-5-2/h5,9,12-16,19-23H,2,4,6-8,10-11,17-18H2,1,3H3/b12-9+. The van der Waals surface area contributed by atoms with Crippen LogP contribution in [-0.4, -0.2) is 39.3 Å². The number of hydrogen-bond donors (Lipinski definition) is 0. The lowest BCUT2D eigenvalue weighted by molar-refractivity contribution is 0.0566. The first kappa shape index (κ1) is 26.2. The van der Waals surface area contributed by atoms with Gasteiger partial charge in [-0.25, -0.2) is 19.9 Å². The number of hydrogen-bond acceptors (Lipinski definition) is 6. The van der Waals surface area contributed by atoms with Crippen LogP contribution in [0.25, 0.3) is 28.9 Å². The van der Waals surface area contributed by atoms with Crippen LogP contribution in [0.3, 0.4) is 0 Å². The second-order valence-corrected chi connectivity index (χ2v) is 8.48. The van der Waals surface area contributed by atoms with E-state index in [4.69, 9.17) is 9.47 Å². The average molecular weight is 473 g/mol. The molecule has 3 aromatic rings. The number of rotatable bonds is 15. The van der Waals surface area contributed by atoms with Crippen LogP contribution in [-0.2, 0) is 4.74 Å². The number of aromatic nitrogens is 4. The van der Waals surface area contributed by atoms with Crippen LogP contribution < -0.4 is 4.74 Å². The third kappa shape index (κ3) is 9.06. The summed E-state index contributed by atoms with van der Waals surface area (Å²) in [6, 6.07) is 7.91. The highest BCUT2D eigenvalue weighted by atomic mass is 16.5. The van der Waals surface area contributed by atoms with Crippen LogP contribution in [0.4, 0.5) is 0 Å². The summed E-state index contributed by atoms with van der Waals surface area (Å²) in [4.78, 5) is 17.8. The lowest BCUT2D eigenvalue weighted by atomic mass is 10.1. The molecule has 1 unspecified atom stereocenters. The molecular formula is C29H36N4O2. The molecule has 0 amide bonds. The van der Waals surface area contributed by atoms with E-state index < -0.39 is 0 Å². The minimum Gasteiger partial charge on any atom is -0.486 e. The Morgan fingerprint density at radius 3 is 2.11 bits per heavy atom. The number of ether oxygens (including phenoxy) is 2.